The number of rotatable bonds is 2. The first-order chi connectivity index (χ1) is 9.56. The Kier molecular flexibility index (Phi) is 4.32. The molecule has 1 nitrogen and oxygen atoms in total. The number of alkyl halides is 1. The lowest BCUT2D eigenvalue weighted by Gasteiger charge is -2.15. The van der Waals surface area contributed by atoms with Crippen molar-refractivity contribution in [2.24, 2.45) is 0 Å². The fraction of sp³-hybridized carbons (Fsp3) is 0.200. The summed E-state index contributed by atoms with van der Waals surface area (Å²) in [6.45, 7) is 0.712. The number of hydrogen-bond acceptors (Lipinski definition) is 1. The smallest absolute Gasteiger partial charge is 0.127 e. The zero-order chi connectivity index (χ0) is 14.3. The zero-order valence-corrected chi connectivity index (χ0v) is 15.0. The Morgan fingerprint density at radius 3 is 2.70 bits per heavy atom. The van der Waals surface area contributed by atoms with Crippen molar-refractivity contribution < 1.29 is 4.74 Å². The third kappa shape index (κ3) is 2.74. The summed E-state index contributed by atoms with van der Waals surface area (Å²) >= 11 is 19.7. The van der Waals surface area contributed by atoms with Crippen LogP contribution in [0, 0.1) is 0 Å². The molecule has 1 atom stereocenters. The second kappa shape index (κ2) is 5.88. The number of ether oxygens (including phenoxy) is 1. The Balaban J connectivity index is 2.06. The molecule has 0 aliphatic carbocycles. The molecule has 1 unspecified atom stereocenters. The first kappa shape index (κ1) is 14.7. The summed E-state index contributed by atoms with van der Waals surface area (Å²) in [6.07, 6.45) is 0.923. The monoisotopic (exact) mass is 434 g/mol. The predicted molar refractivity (Wildman–Crippen MR) is 90.2 cm³/mol. The molecule has 5 heteroatoms. The molecule has 0 amide bonds. The van der Waals surface area contributed by atoms with Crippen molar-refractivity contribution in [3.8, 4) is 5.75 Å². The van der Waals surface area contributed by atoms with Gasteiger partial charge >= 0.3 is 0 Å². The molecule has 1 aliphatic heterocycles. The highest BCUT2D eigenvalue weighted by Gasteiger charge is 2.23. The normalized spacial score (nSPS) is 14.8. The van der Waals surface area contributed by atoms with Crippen LogP contribution in [0.3, 0.4) is 0 Å². The topological polar surface area (TPSA) is 9.23 Å². The van der Waals surface area contributed by atoms with Crippen molar-refractivity contribution in [2.75, 3.05) is 6.61 Å². The van der Waals surface area contributed by atoms with Crippen molar-refractivity contribution in [1.82, 2.24) is 0 Å². The Bertz CT molecular complexity index is 673. The molecule has 3 rings (SSSR count). The molecule has 2 aromatic rings. The molecule has 0 saturated carbocycles. The summed E-state index contributed by atoms with van der Waals surface area (Å²) < 4.78 is 7.62. The van der Waals surface area contributed by atoms with E-state index in [-0.39, 0.29) is 5.38 Å². The van der Waals surface area contributed by atoms with Gasteiger partial charge in [0.25, 0.3) is 0 Å². The minimum atomic E-state index is -0.287. The maximum absolute atomic E-state index is 6.64. The predicted octanol–water partition coefficient (Wildman–Crippen LogP) is 6.13. The van der Waals surface area contributed by atoms with Crippen LogP contribution < -0.4 is 4.74 Å². The molecule has 2 aromatic carbocycles. The van der Waals surface area contributed by atoms with Crippen molar-refractivity contribution >= 4 is 55.1 Å². The van der Waals surface area contributed by atoms with E-state index in [0.717, 1.165) is 32.2 Å². The lowest BCUT2D eigenvalue weighted by atomic mass is 10.0. The fourth-order valence-electron chi connectivity index (χ4n) is 2.34. The second-order valence-corrected chi connectivity index (χ2v) is 7.23. The molecule has 0 N–H and O–H groups in total. The highest BCUT2D eigenvalue weighted by molar-refractivity contribution is 9.10. The van der Waals surface area contributed by atoms with Gasteiger partial charge < -0.3 is 4.74 Å². The average molecular weight is 437 g/mol. The summed E-state index contributed by atoms with van der Waals surface area (Å²) in [5, 5.41) is 0.366. The molecule has 0 aromatic heterocycles. The van der Waals surface area contributed by atoms with Crippen LogP contribution in [0.25, 0.3) is 0 Å². The molecule has 20 heavy (non-hydrogen) atoms. The molecule has 0 saturated heterocycles. The van der Waals surface area contributed by atoms with Gasteiger partial charge in [0, 0.05) is 20.9 Å². The van der Waals surface area contributed by atoms with E-state index >= 15 is 0 Å². The summed E-state index contributed by atoms with van der Waals surface area (Å²) in [4.78, 5) is 0. The quantitative estimate of drug-likeness (QED) is 0.514. The Morgan fingerprint density at radius 1 is 1.15 bits per heavy atom. The molecular weight excluding hydrogens is 427 g/mol. The highest BCUT2D eigenvalue weighted by Crippen LogP contribution is 2.42. The van der Waals surface area contributed by atoms with Gasteiger partial charge in [0.15, 0.2) is 0 Å². The van der Waals surface area contributed by atoms with E-state index in [2.05, 4.69) is 37.9 Å². The van der Waals surface area contributed by atoms with Gasteiger partial charge in [0.05, 0.1) is 17.0 Å². The third-order valence-corrected chi connectivity index (χ3v) is 5.46. The van der Waals surface area contributed by atoms with Crippen LogP contribution in [-0.4, -0.2) is 6.61 Å². The van der Waals surface area contributed by atoms with E-state index in [1.807, 2.05) is 24.3 Å². The third-order valence-electron chi connectivity index (χ3n) is 3.29. The Morgan fingerprint density at radius 2 is 1.95 bits per heavy atom. The summed E-state index contributed by atoms with van der Waals surface area (Å²) in [5.74, 6) is 0.909. The van der Waals surface area contributed by atoms with Gasteiger partial charge in [-0.3, -0.25) is 0 Å². The lowest BCUT2D eigenvalue weighted by Crippen LogP contribution is -1.98. The minimum Gasteiger partial charge on any atom is -0.493 e. The average Bonchev–Trinajstić information content (AvgIpc) is 2.88. The Hall–Kier alpha value is -0.220. The number of hydrogen-bond donors (Lipinski definition) is 0. The van der Waals surface area contributed by atoms with Crippen LogP contribution in [0.4, 0.5) is 0 Å². The maximum atomic E-state index is 6.64. The van der Waals surface area contributed by atoms with Crippen molar-refractivity contribution in [1.29, 1.82) is 0 Å². The first-order valence-corrected chi connectivity index (χ1v) is 8.50. The van der Waals surface area contributed by atoms with Crippen molar-refractivity contribution in [3.63, 3.8) is 0 Å². The lowest BCUT2D eigenvalue weighted by molar-refractivity contribution is 0.353. The number of benzene rings is 2. The molecule has 0 fully saturated rings. The van der Waals surface area contributed by atoms with E-state index < -0.39 is 0 Å². The SMILES string of the molecule is Clc1cc(C(Cl)c2cc(Br)cc3c2OCC3)ccc1Br. The molecular formula is C15H10Br2Cl2O. The van der Waals surface area contributed by atoms with Gasteiger partial charge in [-0.25, -0.2) is 0 Å². The van der Waals surface area contributed by atoms with E-state index in [9.17, 15) is 0 Å². The van der Waals surface area contributed by atoms with E-state index in [0.29, 0.717) is 11.6 Å². The van der Waals surface area contributed by atoms with Crippen LogP contribution in [0.15, 0.2) is 39.3 Å². The summed E-state index contributed by atoms with van der Waals surface area (Å²) in [6, 6.07) is 9.86. The maximum Gasteiger partial charge on any atom is 0.127 e. The first-order valence-electron chi connectivity index (χ1n) is 6.10. The minimum absolute atomic E-state index is 0.287. The molecule has 0 spiro atoms. The van der Waals surface area contributed by atoms with Crippen LogP contribution in [0.2, 0.25) is 5.02 Å². The summed E-state index contributed by atoms with van der Waals surface area (Å²) in [5.41, 5.74) is 3.13. The number of halogens is 4. The number of fused-ring (bicyclic) bond motifs is 1. The fourth-order valence-corrected chi connectivity index (χ4v) is 3.59. The van der Waals surface area contributed by atoms with Gasteiger partial charge in [-0.1, -0.05) is 33.6 Å². The van der Waals surface area contributed by atoms with Gasteiger partial charge in [0.1, 0.15) is 5.75 Å². The molecule has 1 aliphatic rings. The van der Waals surface area contributed by atoms with Crippen LogP contribution in [0.5, 0.6) is 5.75 Å². The van der Waals surface area contributed by atoms with Gasteiger partial charge in [-0.05, 0) is 51.3 Å². The van der Waals surface area contributed by atoms with Crippen molar-refractivity contribution in [2.45, 2.75) is 11.8 Å². The van der Waals surface area contributed by atoms with Gasteiger partial charge in [0.2, 0.25) is 0 Å². The second-order valence-electron chi connectivity index (χ2n) is 4.62. The van der Waals surface area contributed by atoms with Gasteiger partial charge in [-0.15, -0.1) is 11.6 Å². The van der Waals surface area contributed by atoms with Gasteiger partial charge in [-0.2, -0.15) is 0 Å². The van der Waals surface area contributed by atoms with E-state index in [1.54, 1.807) is 0 Å². The standard InChI is InChI=1S/C15H10Br2Cl2O/c16-10-5-9-3-4-20-15(9)11(7-10)14(19)8-1-2-12(17)13(18)6-8/h1-2,5-7,14H,3-4H2. The zero-order valence-electron chi connectivity index (χ0n) is 10.3. The molecule has 0 bridgehead atoms. The Labute approximate surface area is 144 Å². The molecule has 0 radical (unpaired) electrons. The van der Waals surface area contributed by atoms with Crippen molar-refractivity contribution in [3.05, 3.63) is 61.0 Å². The molecule has 104 valence electrons. The molecule has 1 heterocycles. The van der Waals surface area contributed by atoms with Crippen LogP contribution >= 0.6 is 55.1 Å². The van der Waals surface area contributed by atoms with E-state index in [1.165, 1.54) is 5.56 Å². The van der Waals surface area contributed by atoms with E-state index in [4.69, 9.17) is 27.9 Å². The largest absolute Gasteiger partial charge is 0.493 e. The highest BCUT2D eigenvalue weighted by atomic mass is 79.9. The van der Waals surface area contributed by atoms with Crippen LogP contribution in [0.1, 0.15) is 22.1 Å². The summed E-state index contributed by atoms with van der Waals surface area (Å²) in [7, 11) is 0. The van der Waals surface area contributed by atoms with Crippen LogP contribution in [-0.2, 0) is 6.42 Å².